The van der Waals surface area contributed by atoms with Gasteiger partial charge in [-0.25, -0.2) is 0 Å². The molecule has 0 amide bonds. The number of hydrogen-bond acceptors (Lipinski definition) is 4. The third-order valence-corrected chi connectivity index (χ3v) is 4.20. The van der Waals surface area contributed by atoms with E-state index < -0.39 is 5.97 Å². The number of nitrogens with one attached hydrogen (secondary N) is 1. The number of benzene rings is 1. The predicted octanol–water partition coefficient (Wildman–Crippen LogP) is 1.96. The van der Waals surface area contributed by atoms with Gasteiger partial charge in [0.15, 0.2) is 11.5 Å². The molecule has 5 nitrogen and oxygen atoms in total. The fourth-order valence-corrected chi connectivity index (χ4v) is 3.11. The quantitative estimate of drug-likeness (QED) is 0.869. The number of carbonyl (C=O) groups is 1. The first-order chi connectivity index (χ1) is 9.15. The lowest BCUT2D eigenvalue weighted by molar-refractivity contribution is -0.141. The summed E-state index contributed by atoms with van der Waals surface area (Å²) in [6.45, 7) is 1.60. The summed E-state index contributed by atoms with van der Waals surface area (Å²) < 4.78 is 12.0. The molecule has 1 aromatic rings. The summed E-state index contributed by atoms with van der Waals surface area (Å²) in [5.41, 5.74) is 1.02. The Morgan fingerprint density at radius 3 is 2.63 bits per heavy atom. The van der Waals surface area contributed by atoms with Crippen molar-refractivity contribution in [3.8, 4) is 11.5 Å². The Bertz CT molecular complexity index is 520. The van der Waals surface area contributed by atoms with E-state index in [0.717, 1.165) is 21.5 Å². The number of carboxylic acid groups (broad SMARTS) is 1. The Morgan fingerprint density at radius 2 is 2.00 bits per heavy atom. The Kier molecular flexibility index (Phi) is 3.36. The minimum absolute atomic E-state index is 0.0336. The van der Waals surface area contributed by atoms with E-state index in [4.69, 9.17) is 14.6 Å². The van der Waals surface area contributed by atoms with Crippen LogP contribution in [0.1, 0.15) is 18.0 Å². The molecule has 1 aromatic carbocycles. The molecule has 2 N–H and O–H groups in total. The van der Waals surface area contributed by atoms with Crippen LogP contribution in [0.4, 0.5) is 0 Å². The lowest BCUT2D eigenvalue weighted by Crippen LogP contribution is -2.18. The van der Waals surface area contributed by atoms with Crippen molar-refractivity contribution in [1.82, 2.24) is 5.32 Å². The average molecular weight is 328 g/mol. The number of aliphatic carboxylic acids is 1. The largest absolute Gasteiger partial charge is 0.486 e. The van der Waals surface area contributed by atoms with Gasteiger partial charge in [0.2, 0.25) is 0 Å². The van der Waals surface area contributed by atoms with E-state index >= 15 is 0 Å². The predicted molar refractivity (Wildman–Crippen MR) is 71.6 cm³/mol. The zero-order valence-corrected chi connectivity index (χ0v) is 11.8. The van der Waals surface area contributed by atoms with Crippen LogP contribution >= 0.6 is 15.9 Å². The summed E-state index contributed by atoms with van der Waals surface area (Å²) in [4.78, 5) is 11.0. The minimum atomic E-state index is -0.747. The third kappa shape index (κ3) is 2.42. The Balaban J connectivity index is 1.87. The van der Waals surface area contributed by atoms with Crippen LogP contribution < -0.4 is 14.8 Å². The highest BCUT2D eigenvalue weighted by Gasteiger charge is 2.32. The van der Waals surface area contributed by atoms with Crippen LogP contribution in [0, 0.1) is 5.92 Å². The van der Waals surface area contributed by atoms with Crippen molar-refractivity contribution in [3.63, 3.8) is 0 Å². The van der Waals surface area contributed by atoms with E-state index in [1.165, 1.54) is 0 Å². The van der Waals surface area contributed by atoms with Crippen molar-refractivity contribution >= 4 is 21.9 Å². The smallest absolute Gasteiger partial charge is 0.307 e. The summed E-state index contributed by atoms with van der Waals surface area (Å²) in [6, 6.07) is 3.85. The van der Waals surface area contributed by atoms with E-state index in [1.54, 1.807) is 0 Å². The summed E-state index contributed by atoms with van der Waals surface area (Å²) in [6.07, 6.45) is 0.591. The maximum Gasteiger partial charge on any atom is 0.307 e. The Morgan fingerprint density at radius 1 is 1.32 bits per heavy atom. The molecule has 1 saturated heterocycles. The van der Waals surface area contributed by atoms with E-state index in [2.05, 4.69) is 21.2 Å². The molecule has 2 unspecified atom stereocenters. The van der Waals surface area contributed by atoms with Gasteiger partial charge in [-0.3, -0.25) is 4.79 Å². The molecule has 0 aromatic heterocycles. The number of carboxylic acids is 1. The number of hydrogen-bond donors (Lipinski definition) is 2. The van der Waals surface area contributed by atoms with Gasteiger partial charge in [0.1, 0.15) is 13.2 Å². The van der Waals surface area contributed by atoms with Crippen LogP contribution in [0.2, 0.25) is 0 Å². The highest BCUT2D eigenvalue weighted by Crippen LogP contribution is 2.40. The summed E-state index contributed by atoms with van der Waals surface area (Å²) >= 11 is 3.52. The standard InChI is InChI=1S/C13H14BrNO4/c14-9-5-12-11(18-1-2-19-12)4-8(9)10-3-7(6-15-10)13(16)17/h4-5,7,10,15H,1-3,6H2,(H,16,17). The zero-order valence-electron chi connectivity index (χ0n) is 10.2. The van der Waals surface area contributed by atoms with Gasteiger partial charge >= 0.3 is 5.97 Å². The van der Waals surface area contributed by atoms with Crippen LogP contribution in [0.15, 0.2) is 16.6 Å². The normalized spacial score (nSPS) is 25.3. The third-order valence-electron chi connectivity index (χ3n) is 3.52. The molecule has 2 aliphatic heterocycles. The maximum atomic E-state index is 11.0. The zero-order chi connectivity index (χ0) is 13.4. The number of halogens is 1. The monoisotopic (exact) mass is 327 g/mol. The number of ether oxygens (including phenoxy) is 2. The summed E-state index contributed by atoms with van der Waals surface area (Å²) in [7, 11) is 0. The van der Waals surface area contributed by atoms with E-state index in [9.17, 15) is 4.79 Å². The number of fused-ring (bicyclic) bond motifs is 1. The SMILES string of the molecule is O=C(O)C1CNC(c2cc3c(cc2Br)OCCO3)C1. The molecule has 19 heavy (non-hydrogen) atoms. The van der Waals surface area contributed by atoms with Crippen molar-refractivity contribution < 1.29 is 19.4 Å². The van der Waals surface area contributed by atoms with Crippen molar-refractivity contribution in [2.45, 2.75) is 12.5 Å². The molecule has 2 heterocycles. The van der Waals surface area contributed by atoms with Gasteiger partial charge in [-0.05, 0) is 24.1 Å². The first-order valence-electron chi connectivity index (χ1n) is 6.20. The molecule has 0 bridgehead atoms. The lowest BCUT2D eigenvalue weighted by Gasteiger charge is -2.21. The maximum absolute atomic E-state index is 11.0. The fraction of sp³-hybridized carbons (Fsp3) is 0.462. The van der Waals surface area contributed by atoms with Gasteiger partial charge < -0.3 is 19.9 Å². The Hall–Kier alpha value is -1.27. The molecule has 0 spiro atoms. The molecule has 1 fully saturated rings. The molecule has 0 aliphatic carbocycles. The summed E-state index contributed by atoms with van der Waals surface area (Å²) in [5, 5.41) is 12.3. The molecular formula is C13H14BrNO4. The van der Waals surface area contributed by atoms with Crippen LogP contribution in [-0.2, 0) is 4.79 Å². The van der Waals surface area contributed by atoms with E-state index in [0.29, 0.717) is 26.2 Å². The molecule has 0 radical (unpaired) electrons. The highest BCUT2D eigenvalue weighted by atomic mass is 79.9. The van der Waals surface area contributed by atoms with Crippen LogP contribution in [-0.4, -0.2) is 30.8 Å². The first-order valence-corrected chi connectivity index (χ1v) is 6.99. The fourth-order valence-electron chi connectivity index (χ4n) is 2.51. The molecule has 102 valence electrons. The summed E-state index contributed by atoms with van der Waals surface area (Å²) in [5.74, 6) is 0.383. The molecule has 0 saturated carbocycles. The average Bonchev–Trinajstić information content (AvgIpc) is 2.87. The minimum Gasteiger partial charge on any atom is -0.486 e. The van der Waals surface area contributed by atoms with Gasteiger partial charge in [-0.15, -0.1) is 0 Å². The Labute approximate surface area is 119 Å². The molecule has 3 rings (SSSR count). The molecule has 2 aliphatic rings. The van der Waals surface area contributed by atoms with Crippen LogP contribution in [0.5, 0.6) is 11.5 Å². The van der Waals surface area contributed by atoms with Crippen LogP contribution in [0.25, 0.3) is 0 Å². The second-order valence-electron chi connectivity index (χ2n) is 4.75. The molecule has 2 atom stereocenters. The van der Waals surface area contributed by atoms with Crippen molar-refractivity contribution in [1.29, 1.82) is 0 Å². The van der Waals surface area contributed by atoms with E-state index in [-0.39, 0.29) is 12.0 Å². The van der Waals surface area contributed by atoms with Gasteiger partial charge in [-0.2, -0.15) is 0 Å². The van der Waals surface area contributed by atoms with Crippen molar-refractivity contribution in [2.24, 2.45) is 5.92 Å². The second-order valence-corrected chi connectivity index (χ2v) is 5.60. The first kappa shape index (κ1) is 12.7. The van der Waals surface area contributed by atoms with Gasteiger partial charge in [-0.1, -0.05) is 15.9 Å². The topological polar surface area (TPSA) is 67.8 Å². The van der Waals surface area contributed by atoms with E-state index in [1.807, 2.05) is 12.1 Å². The van der Waals surface area contributed by atoms with Gasteiger partial charge in [0, 0.05) is 17.1 Å². The second kappa shape index (κ2) is 5.02. The van der Waals surface area contributed by atoms with Gasteiger partial charge in [0.05, 0.1) is 5.92 Å². The van der Waals surface area contributed by atoms with Crippen molar-refractivity contribution in [3.05, 3.63) is 22.2 Å². The van der Waals surface area contributed by atoms with Crippen LogP contribution in [0.3, 0.4) is 0 Å². The highest BCUT2D eigenvalue weighted by molar-refractivity contribution is 9.10. The molecule has 6 heteroatoms. The van der Waals surface area contributed by atoms with Gasteiger partial charge in [0.25, 0.3) is 0 Å². The number of rotatable bonds is 2. The van der Waals surface area contributed by atoms with Crippen molar-refractivity contribution in [2.75, 3.05) is 19.8 Å². The molecular weight excluding hydrogens is 314 g/mol. The lowest BCUT2D eigenvalue weighted by atomic mass is 10.00.